The van der Waals surface area contributed by atoms with E-state index >= 15 is 0 Å². The van der Waals surface area contributed by atoms with Crippen molar-refractivity contribution < 1.29 is 29.0 Å². The molecule has 1 saturated carbocycles. The van der Waals surface area contributed by atoms with Crippen LogP contribution in [-0.2, 0) is 19.1 Å². The van der Waals surface area contributed by atoms with Crippen LogP contribution in [0.4, 0.5) is 4.79 Å². The Morgan fingerprint density at radius 2 is 1.75 bits per heavy atom. The Bertz CT molecular complexity index is 572. The third-order valence-electron chi connectivity index (χ3n) is 5.35. The summed E-state index contributed by atoms with van der Waals surface area (Å²) in [7, 11) is 0. The first-order valence-electron chi connectivity index (χ1n) is 10.2. The molecule has 0 radical (unpaired) electrons. The van der Waals surface area contributed by atoms with Crippen LogP contribution in [-0.4, -0.2) is 64.9 Å². The molecule has 2 fully saturated rings. The predicted octanol–water partition coefficient (Wildman–Crippen LogP) is 1.99. The van der Waals surface area contributed by atoms with Crippen LogP contribution in [0.5, 0.6) is 0 Å². The predicted molar refractivity (Wildman–Crippen MR) is 103 cm³/mol. The Morgan fingerprint density at radius 3 is 2.25 bits per heavy atom. The lowest BCUT2D eigenvalue weighted by Crippen LogP contribution is -2.62. The van der Waals surface area contributed by atoms with Gasteiger partial charge in [-0.15, -0.1) is 0 Å². The number of aliphatic hydroxyl groups is 1. The van der Waals surface area contributed by atoms with Gasteiger partial charge in [0.15, 0.2) is 6.04 Å². The number of nitrogens with zero attached hydrogens (tertiary/aromatic N) is 1. The van der Waals surface area contributed by atoms with Gasteiger partial charge in [-0.05, 0) is 53.4 Å². The van der Waals surface area contributed by atoms with Crippen LogP contribution in [0, 0.1) is 5.92 Å². The fourth-order valence-electron chi connectivity index (χ4n) is 3.78. The highest BCUT2D eigenvalue weighted by atomic mass is 16.6. The monoisotopic (exact) mass is 398 g/mol. The number of nitrogens with one attached hydrogen (secondary N) is 1. The van der Waals surface area contributed by atoms with Crippen molar-refractivity contribution in [3.63, 3.8) is 0 Å². The van der Waals surface area contributed by atoms with Crippen LogP contribution >= 0.6 is 0 Å². The van der Waals surface area contributed by atoms with E-state index in [2.05, 4.69) is 5.32 Å². The molecule has 0 unspecified atom stereocenters. The minimum Gasteiger partial charge on any atom is -0.464 e. The summed E-state index contributed by atoms with van der Waals surface area (Å²) in [6.07, 6.45) is 3.45. The zero-order valence-corrected chi connectivity index (χ0v) is 17.5. The van der Waals surface area contributed by atoms with Crippen molar-refractivity contribution in [1.82, 2.24) is 10.2 Å². The Hall–Kier alpha value is -1.83. The van der Waals surface area contributed by atoms with E-state index in [1.807, 2.05) is 0 Å². The van der Waals surface area contributed by atoms with Crippen molar-refractivity contribution in [1.29, 1.82) is 0 Å². The minimum absolute atomic E-state index is 0.123. The highest BCUT2D eigenvalue weighted by Crippen LogP contribution is 2.30. The maximum atomic E-state index is 12.6. The smallest absolute Gasteiger partial charge is 0.410 e. The number of carbonyl (C=O) groups is 3. The average Bonchev–Trinajstić information content (AvgIpc) is 3.13. The van der Waals surface area contributed by atoms with Gasteiger partial charge in [-0.1, -0.05) is 12.8 Å². The topological polar surface area (TPSA) is 105 Å². The molecule has 8 nitrogen and oxygen atoms in total. The van der Waals surface area contributed by atoms with Crippen LogP contribution < -0.4 is 5.32 Å². The number of hydrogen-bond donors (Lipinski definition) is 2. The molecule has 1 aliphatic heterocycles. The van der Waals surface area contributed by atoms with Crippen molar-refractivity contribution in [2.45, 2.75) is 83.5 Å². The van der Waals surface area contributed by atoms with Gasteiger partial charge in [-0.3, -0.25) is 4.79 Å². The molecular formula is C20H34N2O6. The summed E-state index contributed by atoms with van der Waals surface area (Å²) < 4.78 is 10.5. The van der Waals surface area contributed by atoms with E-state index in [0.717, 1.165) is 25.7 Å². The van der Waals surface area contributed by atoms with Gasteiger partial charge in [0, 0.05) is 19.0 Å². The van der Waals surface area contributed by atoms with E-state index in [-0.39, 0.29) is 44.4 Å². The molecule has 0 bridgehead atoms. The lowest BCUT2D eigenvalue weighted by Gasteiger charge is -2.42. The SMILES string of the molecule is CCOC(=O)[C@@H](NC(=O)C1CCCC1)C1(O)CCN(C(=O)OC(C)(C)C)CC1. The van der Waals surface area contributed by atoms with Gasteiger partial charge in [0.2, 0.25) is 5.91 Å². The van der Waals surface area contributed by atoms with E-state index in [1.54, 1.807) is 27.7 Å². The highest BCUT2D eigenvalue weighted by Gasteiger charge is 2.47. The average molecular weight is 399 g/mol. The molecule has 28 heavy (non-hydrogen) atoms. The Kier molecular flexibility index (Phi) is 7.31. The quantitative estimate of drug-likeness (QED) is 0.686. The maximum Gasteiger partial charge on any atom is 0.410 e. The number of likely N-dealkylation sites (tertiary alicyclic amines) is 1. The third kappa shape index (κ3) is 5.83. The van der Waals surface area contributed by atoms with Crippen molar-refractivity contribution >= 4 is 18.0 Å². The molecular weight excluding hydrogens is 364 g/mol. The molecule has 1 saturated heterocycles. The second-order valence-electron chi connectivity index (χ2n) is 8.75. The second kappa shape index (κ2) is 9.11. The van der Waals surface area contributed by atoms with E-state index in [4.69, 9.17) is 9.47 Å². The molecule has 1 heterocycles. The number of carbonyl (C=O) groups excluding carboxylic acids is 3. The van der Waals surface area contributed by atoms with Crippen LogP contribution in [0.15, 0.2) is 0 Å². The van der Waals surface area contributed by atoms with Crippen LogP contribution in [0.25, 0.3) is 0 Å². The summed E-state index contributed by atoms with van der Waals surface area (Å²) in [6, 6.07) is -1.14. The zero-order chi connectivity index (χ0) is 20.9. The van der Waals surface area contributed by atoms with E-state index in [1.165, 1.54) is 4.90 Å². The number of piperidine rings is 1. The van der Waals surface area contributed by atoms with Crippen molar-refractivity contribution in [2.75, 3.05) is 19.7 Å². The Morgan fingerprint density at radius 1 is 1.18 bits per heavy atom. The van der Waals surface area contributed by atoms with Gasteiger partial charge in [-0.2, -0.15) is 0 Å². The number of hydrogen-bond acceptors (Lipinski definition) is 6. The molecule has 160 valence electrons. The molecule has 0 aromatic rings. The van der Waals surface area contributed by atoms with Gasteiger partial charge >= 0.3 is 12.1 Å². The standard InChI is InChI=1S/C20H34N2O6/c1-5-27-17(24)15(21-16(23)14-8-6-7-9-14)20(26)10-12-22(13-11-20)18(25)28-19(2,3)4/h14-15,26H,5-13H2,1-4H3,(H,21,23)/t15-/m1/s1. The molecule has 0 aromatic heterocycles. The lowest BCUT2D eigenvalue weighted by molar-refractivity contribution is -0.159. The molecule has 1 atom stereocenters. The highest BCUT2D eigenvalue weighted by molar-refractivity contribution is 5.87. The Labute approximate surface area is 166 Å². The van der Waals surface area contributed by atoms with Crippen molar-refractivity contribution in [3.05, 3.63) is 0 Å². The maximum absolute atomic E-state index is 12.6. The third-order valence-corrected chi connectivity index (χ3v) is 5.35. The van der Waals surface area contributed by atoms with E-state index in [0.29, 0.717) is 0 Å². The van der Waals surface area contributed by atoms with E-state index in [9.17, 15) is 19.5 Å². The molecule has 0 aromatic carbocycles. The second-order valence-corrected chi connectivity index (χ2v) is 8.75. The molecule has 8 heteroatoms. The molecule has 2 rings (SSSR count). The summed E-state index contributed by atoms with van der Waals surface area (Å²) >= 11 is 0. The minimum atomic E-state index is -1.46. The fraction of sp³-hybridized carbons (Fsp3) is 0.850. The molecule has 2 N–H and O–H groups in total. The van der Waals surface area contributed by atoms with Crippen LogP contribution in [0.2, 0.25) is 0 Å². The van der Waals surface area contributed by atoms with Gasteiger partial charge in [0.25, 0.3) is 0 Å². The molecule has 0 spiro atoms. The molecule has 2 amide bonds. The first-order chi connectivity index (χ1) is 13.1. The van der Waals surface area contributed by atoms with Gasteiger partial charge in [0.05, 0.1) is 12.2 Å². The Balaban J connectivity index is 2.04. The normalized spacial score (nSPS) is 21.1. The largest absolute Gasteiger partial charge is 0.464 e. The summed E-state index contributed by atoms with van der Waals surface area (Å²) in [6.45, 7) is 7.69. The van der Waals surface area contributed by atoms with Crippen molar-refractivity contribution in [2.24, 2.45) is 5.92 Å². The first kappa shape index (κ1) is 22.5. The number of rotatable bonds is 5. The van der Waals surface area contributed by atoms with E-state index < -0.39 is 29.3 Å². The number of amides is 2. The fourth-order valence-corrected chi connectivity index (χ4v) is 3.78. The first-order valence-corrected chi connectivity index (χ1v) is 10.2. The molecule has 2 aliphatic rings. The summed E-state index contributed by atoms with van der Waals surface area (Å²) in [5.41, 5.74) is -2.06. The molecule has 1 aliphatic carbocycles. The van der Waals surface area contributed by atoms with Gasteiger partial charge in [-0.25, -0.2) is 9.59 Å². The van der Waals surface area contributed by atoms with Gasteiger partial charge < -0.3 is 24.8 Å². The zero-order valence-electron chi connectivity index (χ0n) is 17.5. The number of ether oxygens (including phenoxy) is 2. The lowest BCUT2D eigenvalue weighted by atomic mass is 9.83. The summed E-state index contributed by atoms with van der Waals surface area (Å²) in [5, 5.41) is 13.9. The summed E-state index contributed by atoms with van der Waals surface area (Å²) in [4.78, 5) is 38.8. The van der Waals surface area contributed by atoms with Crippen LogP contribution in [0.3, 0.4) is 0 Å². The number of esters is 1. The van der Waals surface area contributed by atoms with Crippen LogP contribution in [0.1, 0.15) is 66.2 Å². The van der Waals surface area contributed by atoms with Crippen molar-refractivity contribution in [3.8, 4) is 0 Å². The summed E-state index contributed by atoms with van der Waals surface area (Å²) in [5.74, 6) is -0.969. The van der Waals surface area contributed by atoms with Gasteiger partial charge in [0.1, 0.15) is 5.60 Å².